The van der Waals surface area contributed by atoms with Crippen molar-refractivity contribution < 1.29 is 14.0 Å². The van der Waals surface area contributed by atoms with Gasteiger partial charge in [-0.15, -0.1) is 0 Å². The lowest BCUT2D eigenvalue weighted by Crippen LogP contribution is -2.36. The van der Waals surface area contributed by atoms with E-state index in [4.69, 9.17) is 0 Å². The Morgan fingerprint density at radius 2 is 1.68 bits per heavy atom. The molecule has 22 heavy (non-hydrogen) atoms. The van der Waals surface area contributed by atoms with E-state index in [1.165, 1.54) is 17.9 Å². The Balaban J connectivity index is 2.01. The molecule has 0 aromatic heterocycles. The van der Waals surface area contributed by atoms with Gasteiger partial charge in [0.15, 0.2) is 0 Å². The van der Waals surface area contributed by atoms with Crippen LogP contribution >= 0.6 is 0 Å². The first-order valence-corrected chi connectivity index (χ1v) is 6.90. The van der Waals surface area contributed by atoms with Crippen molar-refractivity contribution in [1.29, 1.82) is 0 Å². The van der Waals surface area contributed by atoms with E-state index in [9.17, 15) is 14.0 Å². The van der Waals surface area contributed by atoms with Gasteiger partial charge in [-0.3, -0.25) is 9.59 Å². The van der Waals surface area contributed by atoms with Crippen molar-refractivity contribution in [2.75, 3.05) is 11.9 Å². The molecule has 0 unspecified atom stereocenters. The first-order chi connectivity index (χ1) is 10.6. The van der Waals surface area contributed by atoms with Crippen LogP contribution in [0.2, 0.25) is 0 Å². The third kappa shape index (κ3) is 4.41. The van der Waals surface area contributed by atoms with Crippen LogP contribution in [-0.2, 0) is 16.1 Å². The van der Waals surface area contributed by atoms with Crippen LogP contribution in [0.25, 0.3) is 0 Å². The molecule has 4 nitrogen and oxygen atoms in total. The third-order valence-corrected chi connectivity index (χ3v) is 3.16. The summed E-state index contributed by atoms with van der Waals surface area (Å²) in [5, 5.41) is 2.70. The van der Waals surface area contributed by atoms with Gasteiger partial charge in [0.2, 0.25) is 11.8 Å². The molecule has 0 saturated heterocycles. The highest BCUT2D eigenvalue weighted by Gasteiger charge is 2.15. The van der Waals surface area contributed by atoms with Crippen LogP contribution in [-0.4, -0.2) is 23.3 Å². The topological polar surface area (TPSA) is 49.4 Å². The minimum absolute atomic E-state index is 0.0597. The summed E-state index contributed by atoms with van der Waals surface area (Å²) < 4.78 is 13.7. The lowest BCUT2D eigenvalue weighted by atomic mass is 10.2. The van der Waals surface area contributed by atoms with Crippen molar-refractivity contribution in [3.05, 3.63) is 66.0 Å². The van der Waals surface area contributed by atoms with Crippen LogP contribution in [0.4, 0.5) is 10.1 Å². The molecular weight excluding hydrogens is 283 g/mol. The number of halogens is 1. The van der Waals surface area contributed by atoms with Crippen LogP contribution in [0.3, 0.4) is 0 Å². The van der Waals surface area contributed by atoms with Gasteiger partial charge in [-0.25, -0.2) is 4.39 Å². The summed E-state index contributed by atoms with van der Waals surface area (Å²) in [4.78, 5) is 25.0. The van der Waals surface area contributed by atoms with E-state index in [-0.39, 0.29) is 24.9 Å². The number of amides is 2. The standard InChI is InChI=1S/C17H17FN2O2/c1-13(21)20(11-14-7-5-6-10-16(14)18)12-17(22)19-15-8-3-2-4-9-15/h2-10H,11-12H2,1H3,(H,19,22). The molecule has 2 aromatic rings. The second-order valence-corrected chi connectivity index (χ2v) is 4.88. The van der Waals surface area contributed by atoms with E-state index in [1.54, 1.807) is 42.5 Å². The summed E-state index contributed by atoms with van der Waals surface area (Å²) in [7, 11) is 0. The van der Waals surface area contributed by atoms with Crippen LogP contribution < -0.4 is 5.32 Å². The maximum Gasteiger partial charge on any atom is 0.244 e. The third-order valence-electron chi connectivity index (χ3n) is 3.16. The van der Waals surface area contributed by atoms with Crippen LogP contribution in [0.15, 0.2) is 54.6 Å². The molecular formula is C17H17FN2O2. The van der Waals surface area contributed by atoms with Gasteiger partial charge < -0.3 is 10.2 Å². The summed E-state index contributed by atoms with van der Waals surface area (Å²) in [5.41, 5.74) is 1.03. The molecule has 2 rings (SSSR count). The number of carbonyl (C=O) groups is 2. The molecule has 0 aliphatic heterocycles. The van der Waals surface area contributed by atoms with Gasteiger partial charge in [-0.1, -0.05) is 36.4 Å². The summed E-state index contributed by atoms with van der Waals surface area (Å²) in [6, 6.07) is 15.2. The largest absolute Gasteiger partial charge is 0.329 e. The number of para-hydroxylation sites is 1. The van der Waals surface area contributed by atoms with Crippen molar-refractivity contribution >= 4 is 17.5 Å². The number of anilines is 1. The van der Waals surface area contributed by atoms with E-state index in [0.717, 1.165) is 0 Å². The number of hydrogen-bond donors (Lipinski definition) is 1. The quantitative estimate of drug-likeness (QED) is 0.923. The summed E-state index contributed by atoms with van der Waals surface area (Å²) in [6.45, 7) is 1.29. The van der Waals surface area contributed by atoms with Crippen molar-refractivity contribution in [3.63, 3.8) is 0 Å². The van der Waals surface area contributed by atoms with Gasteiger partial charge in [0.1, 0.15) is 12.4 Å². The molecule has 2 aromatic carbocycles. The lowest BCUT2D eigenvalue weighted by Gasteiger charge is -2.21. The summed E-state index contributed by atoms with van der Waals surface area (Å²) in [6.07, 6.45) is 0. The average molecular weight is 300 g/mol. The number of nitrogens with zero attached hydrogens (tertiary/aromatic N) is 1. The van der Waals surface area contributed by atoms with Gasteiger partial charge in [0, 0.05) is 24.7 Å². The van der Waals surface area contributed by atoms with Crippen molar-refractivity contribution in [1.82, 2.24) is 4.90 Å². The Labute approximate surface area is 128 Å². The second-order valence-electron chi connectivity index (χ2n) is 4.88. The second kappa shape index (κ2) is 7.36. The molecule has 0 saturated carbocycles. The maximum atomic E-state index is 13.7. The van der Waals surface area contributed by atoms with E-state index in [1.807, 2.05) is 6.07 Å². The Bertz CT molecular complexity index is 659. The fourth-order valence-electron chi connectivity index (χ4n) is 2.01. The van der Waals surface area contributed by atoms with Crippen molar-refractivity contribution in [3.8, 4) is 0 Å². The first kappa shape index (κ1) is 15.7. The number of rotatable bonds is 5. The molecule has 2 amide bonds. The SMILES string of the molecule is CC(=O)N(CC(=O)Nc1ccccc1)Cc1ccccc1F. The minimum atomic E-state index is -0.391. The summed E-state index contributed by atoms with van der Waals surface area (Å²) >= 11 is 0. The molecule has 0 fully saturated rings. The number of benzene rings is 2. The number of nitrogens with one attached hydrogen (secondary N) is 1. The zero-order chi connectivity index (χ0) is 15.9. The van der Waals surface area contributed by atoms with E-state index >= 15 is 0 Å². The van der Waals surface area contributed by atoms with Crippen LogP contribution in [0.5, 0.6) is 0 Å². The molecule has 114 valence electrons. The molecule has 0 atom stereocenters. The van der Waals surface area contributed by atoms with E-state index < -0.39 is 5.82 Å². The van der Waals surface area contributed by atoms with Gasteiger partial charge >= 0.3 is 0 Å². The smallest absolute Gasteiger partial charge is 0.244 e. The molecule has 1 N–H and O–H groups in total. The number of carbonyl (C=O) groups excluding carboxylic acids is 2. The van der Waals surface area contributed by atoms with Gasteiger partial charge in [0.05, 0.1) is 0 Å². The fourth-order valence-corrected chi connectivity index (χ4v) is 2.01. The highest BCUT2D eigenvalue weighted by Crippen LogP contribution is 2.11. The zero-order valence-electron chi connectivity index (χ0n) is 12.3. The van der Waals surface area contributed by atoms with Gasteiger partial charge in [-0.2, -0.15) is 0 Å². The molecule has 5 heteroatoms. The van der Waals surface area contributed by atoms with E-state index in [0.29, 0.717) is 11.3 Å². The fraction of sp³-hybridized carbons (Fsp3) is 0.176. The normalized spacial score (nSPS) is 10.1. The first-order valence-electron chi connectivity index (χ1n) is 6.90. The van der Waals surface area contributed by atoms with E-state index in [2.05, 4.69) is 5.32 Å². The monoisotopic (exact) mass is 300 g/mol. The molecule has 0 heterocycles. The number of hydrogen-bond acceptors (Lipinski definition) is 2. The Kier molecular flexibility index (Phi) is 5.25. The summed E-state index contributed by atoms with van der Waals surface area (Å²) in [5.74, 6) is -0.999. The van der Waals surface area contributed by atoms with Crippen molar-refractivity contribution in [2.45, 2.75) is 13.5 Å². The van der Waals surface area contributed by atoms with Gasteiger partial charge in [0.25, 0.3) is 0 Å². The Hall–Kier alpha value is -2.69. The predicted octanol–water partition coefficient (Wildman–Crippen LogP) is 2.81. The highest BCUT2D eigenvalue weighted by atomic mass is 19.1. The molecule has 0 bridgehead atoms. The Morgan fingerprint density at radius 3 is 2.32 bits per heavy atom. The lowest BCUT2D eigenvalue weighted by molar-refractivity contribution is -0.133. The highest BCUT2D eigenvalue weighted by molar-refractivity contribution is 5.94. The average Bonchev–Trinajstić information content (AvgIpc) is 2.49. The molecule has 0 spiro atoms. The van der Waals surface area contributed by atoms with Crippen molar-refractivity contribution in [2.24, 2.45) is 0 Å². The Morgan fingerprint density at radius 1 is 1.05 bits per heavy atom. The van der Waals surface area contributed by atoms with Gasteiger partial charge in [-0.05, 0) is 18.2 Å². The van der Waals surface area contributed by atoms with Crippen LogP contribution in [0.1, 0.15) is 12.5 Å². The molecule has 0 aliphatic rings. The molecule has 0 aliphatic carbocycles. The predicted molar refractivity (Wildman–Crippen MR) is 82.6 cm³/mol. The van der Waals surface area contributed by atoms with Crippen LogP contribution in [0, 0.1) is 5.82 Å². The maximum absolute atomic E-state index is 13.7. The molecule has 0 radical (unpaired) electrons. The zero-order valence-corrected chi connectivity index (χ0v) is 12.3. The minimum Gasteiger partial charge on any atom is -0.329 e.